The molecule has 3 aliphatic heterocycles. The molecule has 0 amide bonds. The third kappa shape index (κ3) is 2.73. The van der Waals surface area contributed by atoms with Crippen molar-refractivity contribution in [3.05, 3.63) is 23.8 Å². The van der Waals surface area contributed by atoms with Gasteiger partial charge >= 0.3 is 5.97 Å². The van der Waals surface area contributed by atoms with Crippen molar-refractivity contribution in [2.75, 3.05) is 0 Å². The molecule has 5 heteroatoms. The van der Waals surface area contributed by atoms with E-state index in [-0.39, 0.29) is 36.4 Å². The van der Waals surface area contributed by atoms with Gasteiger partial charge in [-0.2, -0.15) is 0 Å². The molecule has 150 valence electrons. The number of hydrogen-bond acceptors (Lipinski definition) is 5. The molecule has 0 aromatic heterocycles. The molecule has 0 unspecified atom stereocenters. The van der Waals surface area contributed by atoms with Gasteiger partial charge in [-0.15, -0.1) is 0 Å². The lowest BCUT2D eigenvalue weighted by molar-refractivity contribution is -0.250. The molecule has 0 saturated carbocycles. The fourth-order valence-electron chi connectivity index (χ4n) is 6.06. The van der Waals surface area contributed by atoms with Gasteiger partial charge in [0.25, 0.3) is 0 Å². The third-order valence-electron chi connectivity index (χ3n) is 7.44. The summed E-state index contributed by atoms with van der Waals surface area (Å²) in [5.41, 5.74) is 1.08. The Morgan fingerprint density at radius 1 is 1.44 bits per heavy atom. The van der Waals surface area contributed by atoms with Crippen LogP contribution in [0.5, 0.6) is 0 Å². The van der Waals surface area contributed by atoms with Gasteiger partial charge in [-0.3, -0.25) is 4.79 Å². The largest absolute Gasteiger partial charge is 0.459 e. The Kier molecular flexibility index (Phi) is 4.37. The highest BCUT2D eigenvalue weighted by Crippen LogP contribution is 2.59. The van der Waals surface area contributed by atoms with Gasteiger partial charge in [0.05, 0.1) is 12.2 Å². The second kappa shape index (κ2) is 6.16. The topological polar surface area (TPSA) is 65.0 Å². The molecule has 3 saturated heterocycles. The lowest BCUT2D eigenvalue weighted by Gasteiger charge is -2.44. The second-order valence-electron chi connectivity index (χ2n) is 9.47. The summed E-state index contributed by atoms with van der Waals surface area (Å²) < 4.78 is 18.6. The van der Waals surface area contributed by atoms with Gasteiger partial charge in [-0.05, 0) is 37.7 Å². The van der Waals surface area contributed by atoms with E-state index in [9.17, 15) is 9.90 Å². The molecule has 0 radical (unpaired) electrons. The van der Waals surface area contributed by atoms with Crippen molar-refractivity contribution in [3.63, 3.8) is 0 Å². The molecule has 0 aromatic rings. The fraction of sp³-hybridized carbons (Fsp3) is 0.773. The minimum atomic E-state index is -1.46. The molecule has 4 bridgehead atoms. The Bertz CT molecular complexity index is 697. The highest BCUT2D eigenvalue weighted by atomic mass is 16.7. The van der Waals surface area contributed by atoms with Crippen molar-refractivity contribution >= 4 is 5.97 Å². The van der Waals surface area contributed by atoms with Gasteiger partial charge < -0.3 is 19.3 Å². The number of hydrogen-bond donors (Lipinski definition) is 1. The Morgan fingerprint density at radius 3 is 2.78 bits per heavy atom. The van der Waals surface area contributed by atoms with Crippen LogP contribution in [0, 0.1) is 23.7 Å². The second-order valence-corrected chi connectivity index (χ2v) is 9.47. The monoisotopic (exact) mass is 376 g/mol. The summed E-state index contributed by atoms with van der Waals surface area (Å²) in [5.74, 6) is -0.298. The quantitative estimate of drug-likeness (QED) is 0.591. The summed E-state index contributed by atoms with van der Waals surface area (Å²) in [4.78, 5) is 11.8. The number of ether oxygens (including phenoxy) is 3. The van der Waals surface area contributed by atoms with Gasteiger partial charge in [0.15, 0.2) is 5.79 Å². The summed E-state index contributed by atoms with van der Waals surface area (Å²) in [6.07, 6.45) is 3.35. The molecule has 27 heavy (non-hydrogen) atoms. The number of carbonyl (C=O) groups is 1. The van der Waals surface area contributed by atoms with Crippen LogP contribution in [-0.4, -0.2) is 40.8 Å². The number of allylic oxidation sites excluding steroid dienone is 1. The predicted molar refractivity (Wildman–Crippen MR) is 101 cm³/mol. The van der Waals surface area contributed by atoms with Gasteiger partial charge in [-0.1, -0.05) is 32.1 Å². The average molecular weight is 376 g/mol. The average Bonchev–Trinajstić information content (AvgIpc) is 3.06. The fourth-order valence-corrected chi connectivity index (χ4v) is 6.06. The summed E-state index contributed by atoms with van der Waals surface area (Å²) in [7, 11) is 0. The summed E-state index contributed by atoms with van der Waals surface area (Å²) in [5, 5.41) is 11.2. The van der Waals surface area contributed by atoms with E-state index in [1.807, 2.05) is 6.92 Å². The van der Waals surface area contributed by atoms with Crippen molar-refractivity contribution in [2.45, 2.75) is 83.6 Å². The zero-order chi connectivity index (χ0) is 19.7. The molecule has 3 heterocycles. The van der Waals surface area contributed by atoms with E-state index in [0.717, 1.165) is 6.42 Å². The Hall–Kier alpha value is -1.17. The van der Waals surface area contributed by atoms with Crippen molar-refractivity contribution in [1.29, 1.82) is 0 Å². The molecule has 4 aliphatic rings. The zero-order valence-electron chi connectivity index (χ0n) is 17.0. The highest BCUT2D eigenvalue weighted by molar-refractivity contribution is 5.66. The van der Waals surface area contributed by atoms with Crippen molar-refractivity contribution in [3.8, 4) is 0 Å². The first-order valence-electron chi connectivity index (χ1n) is 10.2. The smallest absolute Gasteiger partial charge is 0.303 e. The SMILES string of the molecule is C=C1C[C@H]2O[C@H]([C@H]3[C@@H]2C(C)=CC[C@@H]3C(C)C)[C@]2(C)O[C@@]1(O)C[C@@H]2OC(C)=O. The lowest BCUT2D eigenvalue weighted by atomic mass is 9.63. The molecule has 0 spiro atoms. The van der Waals surface area contributed by atoms with E-state index in [4.69, 9.17) is 14.2 Å². The van der Waals surface area contributed by atoms with Gasteiger partial charge in [-0.25, -0.2) is 0 Å². The normalized spacial score (nSPS) is 48.7. The molecule has 1 N–H and O–H groups in total. The Morgan fingerprint density at radius 2 is 2.15 bits per heavy atom. The highest BCUT2D eigenvalue weighted by Gasteiger charge is 2.67. The minimum Gasteiger partial charge on any atom is -0.459 e. The van der Waals surface area contributed by atoms with E-state index >= 15 is 0 Å². The van der Waals surface area contributed by atoms with E-state index in [0.29, 0.717) is 23.8 Å². The molecular formula is C22H32O5. The first-order chi connectivity index (χ1) is 12.6. The van der Waals surface area contributed by atoms with Crippen LogP contribution in [0.4, 0.5) is 0 Å². The van der Waals surface area contributed by atoms with Crippen LogP contribution in [0.15, 0.2) is 23.8 Å². The van der Waals surface area contributed by atoms with Crippen molar-refractivity contribution in [2.24, 2.45) is 23.7 Å². The van der Waals surface area contributed by atoms with Gasteiger partial charge in [0.1, 0.15) is 11.7 Å². The number of esters is 1. The summed E-state index contributed by atoms with van der Waals surface area (Å²) in [6, 6.07) is 0. The summed E-state index contributed by atoms with van der Waals surface area (Å²) in [6.45, 7) is 14.2. The number of aliphatic hydroxyl groups is 1. The van der Waals surface area contributed by atoms with E-state index in [2.05, 4.69) is 33.4 Å². The molecule has 8 atom stereocenters. The Labute approximate surface area is 161 Å². The standard InChI is InChI=1S/C22H32O5/c1-11(2)15-8-7-12(3)18-16-9-13(4)22(24)10-17(25-14(5)23)21(6,27-22)20(26-16)19(15)18/h7,11,15-20,24H,4,8-10H2,1-3,5-6H3/t15-,16-,17+,18-,19-,20-,21-,22+/m1/s1. The maximum Gasteiger partial charge on any atom is 0.303 e. The van der Waals surface area contributed by atoms with Crippen LogP contribution in [0.3, 0.4) is 0 Å². The molecule has 4 rings (SSSR count). The molecule has 0 aromatic carbocycles. The maximum absolute atomic E-state index is 11.8. The third-order valence-corrected chi connectivity index (χ3v) is 7.44. The zero-order valence-corrected chi connectivity index (χ0v) is 17.0. The minimum absolute atomic E-state index is 0.0175. The first-order valence-corrected chi connectivity index (χ1v) is 10.2. The number of fused-ring (bicyclic) bond motifs is 8. The van der Waals surface area contributed by atoms with E-state index < -0.39 is 17.5 Å². The molecular weight excluding hydrogens is 344 g/mol. The summed E-state index contributed by atoms with van der Waals surface area (Å²) >= 11 is 0. The number of carbonyl (C=O) groups excluding carboxylic acids is 1. The number of rotatable bonds is 2. The van der Waals surface area contributed by atoms with Crippen LogP contribution in [-0.2, 0) is 19.0 Å². The van der Waals surface area contributed by atoms with Crippen LogP contribution < -0.4 is 0 Å². The molecule has 5 nitrogen and oxygen atoms in total. The van der Waals surface area contributed by atoms with Gasteiger partial charge in [0, 0.05) is 31.6 Å². The molecule has 1 aliphatic carbocycles. The van der Waals surface area contributed by atoms with Crippen LogP contribution in [0.25, 0.3) is 0 Å². The van der Waals surface area contributed by atoms with Crippen molar-refractivity contribution in [1.82, 2.24) is 0 Å². The Balaban J connectivity index is 1.83. The predicted octanol–water partition coefficient (Wildman–Crippen LogP) is 3.37. The van der Waals surface area contributed by atoms with Crippen molar-refractivity contribution < 1.29 is 24.1 Å². The van der Waals surface area contributed by atoms with E-state index in [1.165, 1.54) is 12.5 Å². The van der Waals surface area contributed by atoms with Crippen LogP contribution >= 0.6 is 0 Å². The van der Waals surface area contributed by atoms with Crippen LogP contribution in [0.2, 0.25) is 0 Å². The maximum atomic E-state index is 11.8. The lowest BCUT2D eigenvalue weighted by Crippen LogP contribution is -2.54. The van der Waals surface area contributed by atoms with E-state index in [1.54, 1.807) is 0 Å². The first kappa shape index (κ1) is 19.2. The molecule has 3 fully saturated rings. The van der Waals surface area contributed by atoms with Crippen LogP contribution in [0.1, 0.15) is 53.9 Å². The van der Waals surface area contributed by atoms with Gasteiger partial charge in [0.2, 0.25) is 0 Å².